The summed E-state index contributed by atoms with van der Waals surface area (Å²) in [6, 6.07) is 4.54. The maximum Gasteiger partial charge on any atom is 0.273 e. The topological polar surface area (TPSA) is 72.2 Å². The lowest BCUT2D eigenvalue weighted by Gasteiger charge is -2.17. The van der Waals surface area contributed by atoms with Crippen LogP contribution in [0.4, 0.5) is 5.69 Å². The van der Waals surface area contributed by atoms with Crippen LogP contribution in [0.25, 0.3) is 0 Å². The summed E-state index contributed by atoms with van der Waals surface area (Å²) in [5.41, 5.74) is 0.841. The van der Waals surface area contributed by atoms with Crippen molar-refractivity contribution in [1.82, 2.24) is 5.32 Å². The molecule has 1 aromatic carbocycles. The van der Waals surface area contributed by atoms with Gasteiger partial charge in [0.15, 0.2) is 0 Å². The molecule has 1 rings (SSSR count). The van der Waals surface area contributed by atoms with Crippen LogP contribution < -0.4 is 5.32 Å². The number of benzene rings is 1. The van der Waals surface area contributed by atoms with Crippen molar-refractivity contribution in [3.8, 4) is 0 Å². The number of amides is 1. The summed E-state index contributed by atoms with van der Waals surface area (Å²) in [6.45, 7) is 7.56. The van der Waals surface area contributed by atoms with Gasteiger partial charge in [0, 0.05) is 23.2 Å². The van der Waals surface area contributed by atoms with E-state index in [0.29, 0.717) is 17.0 Å². The van der Waals surface area contributed by atoms with Crippen LogP contribution in [0.2, 0.25) is 0 Å². The zero-order valence-corrected chi connectivity index (χ0v) is 11.1. The summed E-state index contributed by atoms with van der Waals surface area (Å²) in [6.07, 6.45) is 0. The van der Waals surface area contributed by atoms with Crippen molar-refractivity contribution in [2.24, 2.45) is 5.92 Å². The number of hydrogen-bond acceptors (Lipinski definition) is 3. The minimum atomic E-state index is -0.474. The van der Waals surface area contributed by atoms with Gasteiger partial charge in [-0.2, -0.15) is 0 Å². The molecule has 0 aromatic heterocycles. The van der Waals surface area contributed by atoms with Crippen LogP contribution in [0, 0.1) is 23.0 Å². The van der Waals surface area contributed by atoms with Gasteiger partial charge in [-0.25, -0.2) is 0 Å². The Kier molecular flexibility index (Phi) is 4.42. The van der Waals surface area contributed by atoms with Crippen LogP contribution >= 0.6 is 0 Å². The van der Waals surface area contributed by atoms with Crippen molar-refractivity contribution in [3.63, 3.8) is 0 Å². The molecule has 5 heteroatoms. The van der Waals surface area contributed by atoms with Crippen molar-refractivity contribution in [2.45, 2.75) is 33.7 Å². The van der Waals surface area contributed by atoms with E-state index in [2.05, 4.69) is 5.32 Å². The van der Waals surface area contributed by atoms with Gasteiger partial charge in [-0.05, 0) is 25.8 Å². The van der Waals surface area contributed by atoms with E-state index in [1.54, 1.807) is 19.1 Å². The average Bonchev–Trinajstić information content (AvgIpc) is 2.28. The molecule has 1 amide bonds. The Balaban J connectivity index is 2.94. The lowest BCUT2D eigenvalue weighted by atomic mass is 10.1. The molecule has 0 heterocycles. The number of hydrogen-bond donors (Lipinski definition) is 1. The zero-order chi connectivity index (χ0) is 13.9. The Morgan fingerprint density at radius 3 is 2.44 bits per heavy atom. The largest absolute Gasteiger partial charge is 0.349 e. The molecule has 1 unspecified atom stereocenters. The van der Waals surface area contributed by atoms with Crippen LogP contribution in [0.5, 0.6) is 0 Å². The first kappa shape index (κ1) is 14.2. The van der Waals surface area contributed by atoms with Gasteiger partial charge in [0.25, 0.3) is 11.6 Å². The van der Waals surface area contributed by atoms with Crippen LogP contribution in [-0.2, 0) is 0 Å². The maximum absolute atomic E-state index is 11.9. The summed E-state index contributed by atoms with van der Waals surface area (Å²) in [4.78, 5) is 22.2. The molecular weight excluding hydrogens is 232 g/mol. The van der Waals surface area contributed by atoms with Crippen molar-refractivity contribution in [3.05, 3.63) is 39.4 Å². The van der Waals surface area contributed by atoms with Crippen molar-refractivity contribution >= 4 is 11.6 Å². The summed E-state index contributed by atoms with van der Waals surface area (Å²) in [5, 5.41) is 13.6. The lowest BCUT2D eigenvalue weighted by Crippen LogP contribution is -2.36. The highest BCUT2D eigenvalue weighted by molar-refractivity contribution is 5.95. The lowest BCUT2D eigenvalue weighted by molar-refractivity contribution is -0.385. The summed E-state index contributed by atoms with van der Waals surface area (Å²) >= 11 is 0. The first-order valence-corrected chi connectivity index (χ1v) is 5.88. The first-order valence-electron chi connectivity index (χ1n) is 5.88. The fourth-order valence-corrected chi connectivity index (χ4v) is 1.40. The van der Waals surface area contributed by atoms with Gasteiger partial charge in [-0.3, -0.25) is 14.9 Å². The Hall–Kier alpha value is -1.91. The molecule has 0 saturated heterocycles. The number of aryl methyl sites for hydroxylation is 1. The molecule has 0 aliphatic carbocycles. The molecule has 1 aromatic rings. The fraction of sp³-hybridized carbons (Fsp3) is 0.462. The molecule has 5 nitrogen and oxygen atoms in total. The first-order chi connectivity index (χ1) is 8.32. The molecule has 0 spiro atoms. The van der Waals surface area contributed by atoms with E-state index in [1.165, 1.54) is 6.07 Å². The molecular formula is C13H18N2O3. The van der Waals surface area contributed by atoms with E-state index in [0.717, 1.165) is 0 Å². The van der Waals surface area contributed by atoms with E-state index in [-0.39, 0.29) is 17.6 Å². The second-order valence-corrected chi connectivity index (χ2v) is 4.76. The van der Waals surface area contributed by atoms with E-state index in [1.807, 2.05) is 20.8 Å². The third-order valence-electron chi connectivity index (χ3n) is 3.03. The van der Waals surface area contributed by atoms with E-state index in [4.69, 9.17) is 0 Å². The zero-order valence-electron chi connectivity index (χ0n) is 11.1. The van der Waals surface area contributed by atoms with Gasteiger partial charge < -0.3 is 5.32 Å². The van der Waals surface area contributed by atoms with Crippen LogP contribution in [-0.4, -0.2) is 16.9 Å². The summed E-state index contributed by atoms with van der Waals surface area (Å²) < 4.78 is 0. The molecule has 0 fully saturated rings. The number of carbonyl (C=O) groups is 1. The normalized spacial score (nSPS) is 12.3. The molecule has 0 aliphatic rings. The minimum absolute atomic E-state index is 0.0258. The predicted octanol–water partition coefficient (Wildman–Crippen LogP) is 2.68. The molecule has 18 heavy (non-hydrogen) atoms. The van der Waals surface area contributed by atoms with Gasteiger partial charge >= 0.3 is 0 Å². The Morgan fingerprint density at radius 1 is 1.33 bits per heavy atom. The number of rotatable bonds is 4. The number of nitro benzene ring substituents is 1. The highest BCUT2D eigenvalue weighted by Gasteiger charge is 2.17. The second kappa shape index (κ2) is 5.62. The highest BCUT2D eigenvalue weighted by Crippen LogP contribution is 2.19. The standard InChI is InChI=1S/C13H18N2O3/c1-8(2)10(4)14-13(16)11-6-5-9(3)12(7-11)15(17)18/h5-8,10H,1-4H3,(H,14,16). The maximum atomic E-state index is 11.9. The SMILES string of the molecule is Cc1ccc(C(=O)NC(C)C(C)C)cc1[N+](=O)[O-]. The van der Waals surface area contributed by atoms with Gasteiger partial charge in [0.05, 0.1) is 4.92 Å². The molecule has 0 radical (unpaired) electrons. The van der Waals surface area contributed by atoms with Crippen molar-refractivity contribution < 1.29 is 9.72 Å². The Bertz CT molecular complexity index is 469. The van der Waals surface area contributed by atoms with Crippen molar-refractivity contribution in [1.29, 1.82) is 0 Å². The summed E-state index contributed by atoms with van der Waals surface area (Å²) in [7, 11) is 0. The molecule has 0 saturated carbocycles. The van der Waals surface area contributed by atoms with Gasteiger partial charge in [-0.1, -0.05) is 19.9 Å². The fourth-order valence-electron chi connectivity index (χ4n) is 1.40. The Morgan fingerprint density at radius 2 is 1.94 bits per heavy atom. The number of nitrogens with zero attached hydrogens (tertiary/aromatic N) is 1. The van der Waals surface area contributed by atoms with Crippen molar-refractivity contribution in [2.75, 3.05) is 0 Å². The highest BCUT2D eigenvalue weighted by atomic mass is 16.6. The minimum Gasteiger partial charge on any atom is -0.349 e. The quantitative estimate of drug-likeness (QED) is 0.659. The second-order valence-electron chi connectivity index (χ2n) is 4.76. The molecule has 98 valence electrons. The average molecular weight is 250 g/mol. The Labute approximate surface area is 106 Å². The summed E-state index contributed by atoms with van der Waals surface area (Å²) in [5.74, 6) is 0.0358. The van der Waals surface area contributed by atoms with E-state index < -0.39 is 4.92 Å². The van der Waals surface area contributed by atoms with Crippen LogP contribution in [0.15, 0.2) is 18.2 Å². The van der Waals surface area contributed by atoms with Gasteiger partial charge in [0.1, 0.15) is 0 Å². The number of nitro groups is 1. The smallest absolute Gasteiger partial charge is 0.273 e. The third-order valence-corrected chi connectivity index (χ3v) is 3.03. The van der Waals surface area contributed by atoms with E-state index >= 15 is 0 Å². The molecule has 1 atom stereocenters. The molecule has 0 aliphatic heterocycles. The number of nitrogens with one attached hydrogen (secondary N) is 1. The third kappa shape index (κ3) is 3.29. The van der Waals surface area contributed by atoms with Gasteiger partial charge in [-0.15, -0.1) is 0 Å². The molecule has 0 bridgehead atoms. The number of carbonyl (C=O) groups excluding carboxylic acids is 1. The monoisotopic (exact) mass is 250 g/mol. The van der Waals surface area contributed by atoms with E-state index in [9.17, 15) is 14.9 Å². The van der Waals surface area contributed by atoms with Crippen LogP contribution in [0.1, 0.15) is 36.7 Å². The predicted molar refractivity (Wildman–Crippen MR) is 69.6 cm³/mol. The van der Waals surface area contributed by atoms with Gasteiger partial charge in [0.2, 0.25) is 0 Å². The van der Waals surface area contributed by atoms with Crippen LogP contribution in [0.3, 0.4) is 0 Å². The molecule has 1 N–H and O–H groups in total.